The first-order chi connectivity index (χ1) is 5.47. The second-order valence-corrected chi connectivity index (χ2v) is 5.24. The summed E-state index contributed by atoms with van der Waals surface area (Å²) in [5.74, 6) is -0.802. The predicted octanol–water partition coefficient (Wildman–Crippen LogP) is -0.161. The molecule has 0 aromatic carbocycles. The Morgan fingerprint density at radius 1 is 1.75 bits per heavy atom. The Bertz CT molecular complexity index is 196. The van der Waals surface area contributed by atoms with Gasteiger partial charge in [0, 0.05) is 11.3 Å². The lowest BCUT2D eigenvalue weighted by molar-refractivity contribution is -0.139. The van der Waals surface area contributed by atoms with Crippen molar-refractivity contribution in [3.63, 3.8) is 0 Å². The van der Waals surface area contributed by atoms with E-state index in [9.17, 15) is 4.79 Å². The minimum atomic E-state index is -0.802. The third-order valence-electron chi connectivity index (χ3n) is 1.95. The number of carboxylic acid groups (broad SMARTS) is 1. The van der Waals surface area contributed by atoms with Gasteiger partial charge >= 0.3 is 5.97 Å². The highest BCUT2D eigenvalue weighted by atomic mass is 32.2. The largest absolute Gasteiger partial charge is 0.480 e. The van der Waals surface area contributed by atoms with E-state index in [4.69, 9.17) is 10.8 Å². The second-order valence-electron chi connectivity index (χ2n) is 3.38. The number of aliphatic carboxylic acids is 1. The molecule has 0 bridgehead atoms. The van der Waals surface area contributed by atoms with Crippen molar-refractivity contribution < 1.29 is 9.90 Å². The standard InChI is InChI=1S/C7H14N2O2S/c1-7(2)5(6(10)11)9-4(3-8)12-7/h4-5,9H,3,8H2,1-2H3,(H,10,11). The highest BCUT2D eigenvalue weighted by Crippen LogP contribution is 2.37. The number of thioether (sulfide) groups is 1. The lowest BCUT2D eigenvalue weighted by Crippen LogP contribution is -2.45. The molecule has 4 N–H and O–H groups in total. The maximum atomic E-state index is 10.8. The smallest absolute Gasteiger partial charge is 0.322 e. The summed E-state index contributed by atoms with van der Waals surface area (Å²) in [7, 11) is 0. The van der Waals surface area contributed by atoms with Crippen LogP contribution in [0.4, 0.5) is 0 Å². The van der Waals surface area contributed by atoms with E-state index in [1.807, 2.05) is 13.8 Å². The van der Waals surface area contributed by atoms with Gasteiger partial charge in [-0.1, -0.05) is 0 Å². The first kappa shape index (κ1) is 9.83. The molecule has 1 saturated heterocycles. The Hall–Kier alpha value is -0.260. The van der Waals surface area contributed by atoms with Crippen LogP contribution in [-0.4, -0.2) is 33.8 Å². The zero-order valence-corrected chi connectivity index (χ0v) is 8.02. The summed E-state index contributed by atoms with van der Waals surface area (Å²) in [5.41, 5.74) is 5.44. The minimum Gasteiger partial charge on any atom is -0.480 e. The van der Waals surface area contributed by atoms with Gasteiger partial charge in [-0.25, -0.2) is 0 Å². The van der Waals surface area contributed by atoms with Crippen LogP contribution in [0, 0.1) is 0 Å². The van der Waals surface area contributed by atoms with Crippen LogP contribution in [0.25, 0.3) is 0 Å². The number of carbonyl (C=O) groups is 1. The first-order valence-corrected chi connectivity index (χ1v) is 4.72. The third-order valence-corrected chi connectivity index (χ3v) is 3.41. The summed E-state index contributed by atoms with van der Waals surface area (Å²) in [6.07, 6.45) is 0. The van der Waals surface area contributed by atoms with Gasteiger partial charge in [0.2, 0.25) is 0 Å². The Morgan fingerprint density at radius 2 is 2.33 bits per heavy atom. The van der Waals surface area contributed by atoms with Crippen molar-refractivity contribution in [1.82, 2.24) is 5.32 Å². The summed E-state index contributed by atoms with van der Waals surface area (Å²) in [6.45, 7) is 4.30. The number of hydrogen-bond acceptors (Lipinski definition) is 4. The van der Waals surface area contributed by atoms with E-state index in [2.05, 4.69) is 5.32 Å². The van der Waals surface area contributed by atoms with Crippen LogP contribution in [-0.2, 0) is 4.79 Å². The molecule has 0 radical (unpaired) electrons. The van der Waals surface area contributed by atoms with Crippen LogP contribution < -0.4 is 11.1 Å². The molecular formula is C7H14N2O2S. The zero-order valence-electron chi connectivity index (χ0n) is 7.20. The molecule has 0 spiro atoms. The quantitative estimate of drug-likeness (QED) is 0.564. The molecule has 1 aliphatic heterocycles. The average Bonchev–Trinajstić information content (AvgIpc) is 2.25. The van der Waals surface area contributed by atoms with Crippen molar-refractivity contribution in [3.05, 3.63) is 0 Å². The van der Waals surface area contributed by atoms with Gasteiger partial charge in [0.1, 0.15) is 6.04 Å². The number of rotatable bonds is 2. The fourth-order valence-electron chi connectivity index (χ4n) is 1.34. The van der Waals surface area contributed by atoms with Crippen molar-refractivity contribution in [2.24, 2.45) is 5.73 Å². The Morgan fingerprint density at radius 3 is 2.58 bits per heavy atom. The van der Waals surface area contributed by atoms with Crippen molar-refractivity contribution in [1.29, 1.82) is 0 Å². The molecule has 0 amide bonds. The second kappa shape index (κ2) is 3.24. The molecule has 70 valence electrons. The van der Waals surface area contributed by atoms with Crippen molar-refractivity contribution >= 4 is 17.7 Å². The molecule has 0 aliphatic carbocycles. The van der Waals surface area contributed by atoms with E-state index in [0.717, 1.165) is 0 Å². The van der Waals surface area contributed by atoms with Crippen LogP contribution in [0.5, 0.6) is 0 Å². The fraction of sp³-hybridized carbons (Fsp3) is 0.857. The maximum absolute atomic E-state index is 10.8. The number of carboxylic acids is 1. The van der Waals surface area contributed by atoms with Crippen LogP contribution in [0.3, 0.4) is 0 Å². The monoisotopic (exact) mass is 190 g/mol. The topological polar surface area (TPSA) is 75.3 Å². The van der Waals surface area contributed by atoms with Crippen LogP contribution in [0.15, 0.2) is 0 Å². The van der Waals surface area contributed by atoms with Crippen molar-refractivity contribution in [2.45, 2.75) is 30.0 Å². The van der Waals surface area contributed by atoms with Gasteiger partial charge in [-0.15, -0.1) is 11.8 Å². The lowest BCUT2D eigenvalue weighted by Gasteiger charge is -2.20. The van der Waals surface area contributed by atoms with E-state index in [0.29, 0.717) is 6.54 Å². The Labute approximate surface area is 75.9 Å². The SMILES string of the molecule is CC1(C)SC(CN)NC1C(=O)O. The molecule has 0 aromatic heterocycles. The molecule has 0 aromatic rings. The summed E-state index contributed by atoms with van der Waals surface area (Å²) < 4.78 is -0.268. The molecule has 2 atom stereocenters. The number of nitrogens with two attached hydrogens (primary N) is 1. The van der Waals surface area contributed by atoms with E-state index < -0.39 is 12.0 Å². The Balaban J connectivity index is 2.70. The molecule has 1 rings (SSSR count). The average molecular weight is 190 g/mol. The van der Waals surface area contributed by atoms with Crippen molar-refractivity contribution in [3.8, 4) is 0 Å². The molecule has 4 nitrogen and oxygen atoms in total. The summed E-state index contributed by atoms with van der Waals surface area (Å²) in [6, 6.07) is -0.490. The number of nitrogens with one attached hydrogen (secondary N) is 1. The van der Waals surface area contributed by atoms with Crippen LogP contribution in [0.1, 0.15) is 13.8 Å². The predicted molar refractivity (Wildman–Crippen MR) is 49.1 cm³/mol. The molecule has 1 aliphatic rings. The van der Waals surface area contributed by atoms with Gasteiger partial charge in [-0.3, -0.25) is 10.1 Å². The zero-order chi connectivity index (χ0) is 9.35. The van der Waals surface area contributed by atoms with Crippen molar-refractivity contribution in [2.75, 3.05) is 6.54 Å². The van der Waals surface area contributed by atoms with E-state index in [1.54, 1.807) is 11.8 Å². The summed E-state index contributed by atoms with van der Waals surface area (Å²) in [4.78, 5) is 10.8. The number of hydrogen-bond donors (Lipinski definition) is 3. The molecule has 5 heteroatoms. The van der Waals surface area contributed by atoms with E-state index in [-0.39, 0.29) is 10.1 Å². The Kier molecular flexibility index (Phi) is 2.65. The fourth-order valence-corrected chi connectivity index (χ4v) is 2.68. The molecule has 1 fully saturated rings. The highest BCUT2D eigenvalue weighted by Gasteiger charge is 2.44. The molecule has 1 heterocycles. The molecule has 0 saturated carbocycles. The third kappa shape index (κ3) is 1.73. The summed E-state index contributed by atoms with van der Waals surface area (Å²) >= 11 is 1.59. The molecule has 12 heavy (non-hydrogen) atoms. The maximum Gasteiger partial charge on any atom is 0.322 e. The van der Waals surface area contributed by atoms with Gasteiger partial charge in [0.15, 0.2) is 0 Å². The summed E-state index contributed by atoms with van der Waals surface area (Å²) in [5, 5.41) is 11.9. The van der Waals surface area contributed by atoms with E-state index >= 15 is 0 Å². The van der Waals surface area contributed by atoms with Gasteiger partial charge in [0.05, 0.1) is 5.37 Å². The van der Waals surface area contributed by atoms with Gasteiger partial charge in [-0.2, -0.15) is 0 Å². The molecular weight excluding hydrogens is 176 g/mol. The first-order valence-electron chi connectivity index (χ1n) is 3.84. The van der Waals surface area contributed by atoms with E-state index in [1.165, 1.54) is 0 Å². The van der Waals surface area contributed by atoms with Gasteiger partial charge < -0.3 is 10.8 Å². The normalized spacial score (nSPS) is 33.6. The lowest BCUT2D eigenvalue weighted by atomic mass is 10.0. The molecule has 2 unspecified atom stereocenters. The van der Waals surface area contributed by atoms with Crippen LogP contribution in [0.2, 0.25) is 0 Å². The van der Waals surface area contributed by atoms with Gasteiger partial charge in [-0.05, 0) is 13.8 Å². The van der Waals surface area contributed by atoms with Crippen LogP contribution >= 0.6 is 11.8 Å². The minimum absolute atomic E-state index is 0.0705. The van der Waals surface area contributed by atoms with Gasteiger partial charge in [0.25, 0.3) is 0 Å². The highest BCUT2D eigenvalue weighted by molar-refractivity contribution is 8.01.